The highest BCUT2D eigenvalue weighted by Gasteiger charge is 2.21. The van der Waals surface area contributed by atoms with Gasteiger partial charge in [0, 0.05) is 5.69 Å². The molecule has 0 saturated heterocycles. The van der Waals surface area contributed by atoms with Gasteiger partial charge in [-0.25, -0.2) is 4.79 Å². The molecule has 1 aromatic carbocycles. The van der Waals surface area contributed by atoms with Gasteiger partial charge in [-0.3, -0.25) is 9.78 Å². The minimum absolute atomic E-state index is 0.00308. The van der Waals surface area contributed by atoms with Crippen molar-refractivity contribution in [3.05, 3.63) is 59.9 Å². The normalized spacial score (nSPS) is 11.6. The highest BCUT2D eigenvalue weighted by Crippen LogP contribution is 2.13. The summed E-state index contributed by atoms with van der Waals surface area (Å²) in [4.78, 5) is 27.2. The van der Waals surface area contributed by atoms with Crippen molar-refractivity contribution in [2.75, 3.05) is 5.73 Å². The average Bonchev–Trinajstić information content (AvgIpc) is 2.48. The number of nitrogens with zero attached hydrogens (tertiary/aromatic N) is 1. The number of aromatic nitrogens is 1. The van der Waals surface area contributed by atoms with E-state index < -0.39 is 17.9 Å². The molecule has 1 amide bonds. The summed E-state index contributed by atoms with van der Waals surface area (Å²) in [5, 5.41) is 11.7. The minimum Gasteiger partial charge on any atom is -0.479 e. The first-order valence-electron chi connectivity index (χ1n) is 6.34. The number of hydrogen-bond acceptors (Lipinski definition) is 4. The predicted molar refractivity (Wildman–Crippen MR) is 77.3 cm³/mol. The molecule has 21 heavy (non-hydrogen) atoms. The summed E-state index contributed by atoms with van der Waals surface area (Å²) in [5.74, 6) is -1.52. The van der Waals surface area contributed by atoms with E-state index in [1.54, 1.807) is 42.5 Å². The molecule has 0 aliphatic heterocycles. The molecule has 0 aliphatic rings. The summed E-state index contributed by atoms with van der Waals surface area (Å²) >= 11 is 0. The van der Waals surface area contributed by atoms with E-state index in [2.05, 4.69) is 10.3 Å². The number of pyridine rings is 1. The fourth-order valence-corrected chi connectivity index (χ4v) is 1.85. The lowest BCUT2D eigenvalue weighted by atomic mass is 10.1. The summed E-state index contributed by atoms with van der Waals surface area (Å²) in [6, 6.07) is 10.7. The van der Waals surface area contributed by atoms with Crippen molar-refractivity contribution in [3.63, 3.8) is 0 Å². The van der Waals surface area contributed by atoms with E-state index >= 15 is 0 Å². The van der Waals surface area contributed by atoms with Gasteiger partial charge in [0.15, 0.2) is 6.04 Å². The van der Waals surface area contributed by atoms with Gasteiger partial charge in [0.2, 0.25) is 5.91 Å². The van der Waals surface area contributed by atoms with Crippen LogP contribution in [0.15, 0.2) is 48.7 Å². The molecule has 6 nitrogen and oxygen atoms in total. The molecule has 0 fully saturated rings. The summed E-state index contributed by atoms with van der Waals surface area (Å²) in [6.07, 6.45) is 1.45. The van der Waals surface area contributed by atoms with Crippen molar-refractivity contribution in [2.45, 2.75) is 12.5 Å². The van der Waals surface area contributed by atoms with Gasteiger partial charge in [0.25, 0.3) is 0 Å². The number of nitrogen functional groups attached to an aromatic ring is 1. The minimum atomic E-state index is -1.11. The van der Waals surface area contributed by atoms with Crippen LogP contribution in [0.25, 0.3) is 0 Å². The number of nitrogens with two attached hydrogens (primary N) is 1. The zero-order valence-electron chi connectivity index (χ0n) is 11.2. The van der Waals surface area contributed by atoms with E-state index in [-0.39, 0.29) is 6.42 Å². The van der Waals surface area contributed by atoms with Crippen LogP contribution in [0.5, 0.6) is 0 Å². The second kappa shape index (κ2) is 6.51. The summed E-state index contributed by atoms with van der Waals surface area (Å²) in [5.41, 5.74) is 7.06. The van der Waals surface area contributed by atoms with Crippen molar-refractivity contribution in [2.24, 2.45) is 0 Å². The second-order valence-electron chi connectivity index (χ2n) is 4.51. The largest absolute Gasteiger partial charge is 0.479 e. The summed E-state index contributed by atoms with van der Waals surface area (Å²) < 4.78 is 0. The Bertz CT molecular complexity index is 626. The lowest BCUT2D eigenvalue weighted by molar-refractivity contribution is -0.142. The van der Waals surface area contributed by atoms with Crippen molar-refractivity contribution in [1.82, 2.24) is 10.3 Å². The molecule has 0 unspecified atom stereocenters. The van der Waals surface area contributed by atoms with E-state index in [0.29, 0.717) is 16.9 Å². The van der Waals surface area contributed by atoms with Crippen LogP contribution in [0.1, 0.15) is 17.3 Å². The van der Waals surface area contributed by atoms with Gasteiger partial charge in [-0.05, 0) is 17.7 Å². The predicted octanol–water partition coefficient (Wildman–Crippen LogP) is 1.15. The molecule has 1 atom stereocenters. The van der Waals surface area contributed by atoms with Crippen molar-refractivity contribution in [3.8, 4) is 0 Å². The molecule has 1 heterocycles. The van der Waals surface area contributed by atoms with Crippen molar-refractivity contribution in [1.29, 1.82) is 0 Å². The molecule has 1 aromatic heterocycles. The van der Waals surface area contributed by atoms with Gasteiger partial charge < -0.3 is 16.2 Å². The van der Waals surface area contributed by atoms with Crippen LogP contribution in [0.4, 0.5) is 5.69 Å². The maximum absolute atomic E-state index is 11.9. The molecule has 0 radical (unpaired) electrons. The highest BCUT2D eigenvalue weighted by molar-refractivity contribution is 5.85. The van der Waals surface area contributed by atoms with E-state index in [9.17, 15) is 14.7 Å². The maximum Gasteiger partial charge on any atom is 0.330 e. The summed E-state index contributed by atoms with van der Waals surface area (Å²) in [7, 11) is 0. The topological polar surface area (TPSA) is 105 Å². The lowest BCUT2D eigenvalue weighted by Crippen LogP contribution is -2.34. The highest BCUT2D eigenvalue weighted by atomic mass is 16.4. The zero-order chi connectivity index (χ0) is 15.2. The molecule has 0 saturated carbocycles. The first kappa shape index (κ1) is 14.5. The Balaban J connectivity index is 2.05. The van der Waals surface area contributed by atoms with Crippen molar-refractivity contribution < 1.29 is 14.7 Å². The molecular weight excluding hydrogens is 270 g/mol. The average molecular weight is 285 g/mol. The Labute approximate surface area is 121 Å². The van der Waals surface area contributed by atoms with Gasteiger partial charge in [0.1, 0.15) is 0 Å². The third kappa shape index (κ3) is 4.04. The fraction of sp³-hybridized carbons (Fsp3) is 0.133. The van der Waals surface area contributed by atoms with Crippen LogP contribution >= 0.6 is 0 Å². The number of benzene rings is 1. The molecule has 2 aromatic rings. The molecule has 0 bridgehead atoms. The summed E-state index contributed by atoms with van der Waals surface area (Å²) in [6.45, 7) is 0. The number of anilines is 1. The third-order valence-electron chi connectivity index (χ3n) is 2.87. The van der Waals surface area contributed by atoms with Crippen LogP contribution in [-0.2, 0) is 16.0 Å². The Morgan fingerprint density at radius 1 is 1.19 bits per heavy atom. The van der Waals surface area contributed by atoms with Gasteiger partial charge in [-0.1, -0.05) is 30.3 Å². The van der Waals surface area contributed by atoms with E-state index in [1.165, 1.54) is 6.20 Å². The number of amides is 1. The van der Waals surface area contributed by atoms with Crippen LogP contribution < -0.4 is 11.1 Å². The molecular formula is C15H15N3O3. The Hall–Kier alpha value is -2.89. The smallest absolute Gasteiger partial charge is 0.330 e. The monoisotopic (exact) mass is 285 g/mol. The van der Waals surface area contributed by atoms with Crippen LogP contribution in [0.3, 0.4) is 0 Å². The van der Waals surface area contributed by atoms with Gasteiger partial charge >= 0.3 is 5.97 Å². The van der Waals surface area contributed by atoms with E-state index in [0.717, 1.165) is 0 Å². The van der Waals surface area contributed by atoms with Gasteiger partial charge in [-0.15, -0.1) is 0 Å². The number of rotatable bonds is 5. The molecule has 6 heteroatoms. The van der Waals surface area contributed by atoms with Crippen LogP contribution in [0.2, 0.25) is 0 Å². The number of nitrogens with one attached hydrogen (secondary N) is 1. The second-order valence-corrected chi connectivity index (χ2v) is 4.51. The molecule has 4 N–H and O–H groups in total. The lowest BCUT2D eigenvalue weighted by Gasteiger charge is -2.14. The number of carbonyl (C=O) groups excluding carboxylic acids is 1. The molecule has 2 rings (SSSR count). The van der Waals surface area contributed by atoms with Gasteiger partial charge in [-0.2, -0.15) is 0 Å². The maximum atomic E-state index is 11.9. The van der Waals surface area contributed by atoms with Gasteiger partial charge in [0.05, 0.1) is 18.3 Å². The van der Waals surface area contributed by atoms with E-state index in [1.807, 2.05) is 0 Å². The molecule has 108 valence electrons. The van der Waals surface area contributed by atoms with Crippen LogP contribution in [-0.4, -0.2) is 22.0 Å². The SMILES string of the molecule is Nc1ccc(CC(=O)N[C@H](C(=O)O)c2ccccc2)nc1. The number of aliphatic carboxylic acids is 1. The number of carbonyl (C=O) groups is 2. The first-order chi connectivity index (χ1) is 10.1. The third-order valence-corrected chi connectivity index (χ3v) is 2.87. The standard InChI is InChI=1S/C15H15N3O3/c16-11-6-7-12(17-9-11)8-13(19)18-14(15(20)21)10-4-2-1-3-5-10/h1-7,9,14H,8,16H2,(H,18,19)(H,20,21)/t14-/m0/s1. The number of carboxylic acids is 1. The number of hydrogen-bond donors (Lipinski definition) is 3. The quantitative estimate of drug-likeness (QED) is 0.764. The number of carboxylic acid groups (broad SMARTS) is 1. The Morgan fingerprint density at radius 2 is 1.90 bits per heavy atom. The van der Waals surface area contributed by atoms with Crippen LogP contribution in [0, 0.1) is 0 Å². The Morgan fingerprint density at radius 3 is 2.48 bits per heavy atom. The zero-order valence-corrected chi connectivity index (χ0v) is 11.2. The first-order valence-corrected chi connectivity index (χ1v) is 6.34. The molecule has 0 spiro atoms. The van der Waals surface area contributed by atoms with E-state index in [4.69, 9.17) is 5.73 Å². The fourth-order valence-electron chi connectivity index (χ4n) is 1.85. The Kier molecular flexibility index (Phi) is 4.50. The molecule has 0 aliphatic carbocycles. The van der Waals surface area contributed by atoms with Crippen molar-refractivity contribution >= 4 is 17.6 Å².